The molecular formula is C26H16ClN. The van der Waals surface area contributed by atoms with Gasteiger partial charge in [-0.25, -0.2) is 0 Å². The fourth-order valence-electron chi connectivity index (χ4n) is 4.36. The summed E-state index contributed by atoms with van der Waals surface area (Å²) < 4.78 is 2.37. The highest BCUT2D eigenvalue weighted by Crippen LogP contribution is 2.37. The third-order valence-electron chi connectivity index (χ3n) is 5.63. The van der Waals surface area contributed by atoms with E-state index in [0.717, 1.165) is 21.5 Å². The molecule has 0 fully saturated rings. The number of rotatable bonds is 1. The number of fused-ring (bicyclic) bond motifs is 5. The summed E-state index contributed by atoms with van der Waals surface area (Å²) in [5, 5.41) is 8.07. The average molecular weight is 378 g/mol. The summed E-state index contributed by atoms with van der Waals surface area (Å²) in [6.07, 6.45) is 0. The van der Waals surface area contributed by atoms with Gasteiger partial charge in [0.1, 0.15) is 0 Å². The molecule has 132 valence electrons. The molecule has 0 unspecified atom stereocenters. The minimum absolute atomic E-state index is 0.783. The van der Waals surface area contributed by atoms with Crippen molar-refractivity contribution in [3.05, 3.63) is 102 Å². The predicted molar refractivity (Wildman–Crippen MR) is 121 cm³/mol. The van der Waals surface area contributed by atoms with E-state index in [9.17, 15) is 0 Å². The Balaban J connectivity index is 1.85. The second kappa shape index (κ2) is 5.85. The molecule has 0 spiro atoms. The van der Waals surface area contributed by atoms with Gasteiger partial charge in [-0.2, -0.15) is 0 Å². The first kappa shape index (κ1) is 15.7. The first-order valence-corrected chi connectivity index (χ1v) is 9.79. The van der Waals surface area contributed by atoms with Crippen LogP contribution in [0.2, 0.25) is 5.02 Å². The molecule has 28 heavy (non-hydrogen) atoms. The largest absolute Gasteiger partial charge is 0.309 e. The molecule has 0 aliphatic heterocycles. The van der Waals surface area contributed by atoms with Gasteiger partial charge in [-0.15, -0.1) is 0 Å². The highest BCUT2D eigenvalue weighted by Gasteiger charge is 2.15. The van der Waals surface area contributed by atoms with Crippen LogP contribution in [0.3, 0.4) is 0 Å². The molecule has 0 amide bonds. The number of hydrogen-bond donors (Lipinski definition) is 0. The molecular weight excluding hydrogens is 362 g/mol. The molecule has 1 aromatic heterocycles. The van der Waals surface area contributed by atoms with Crippen molar-refractivity contribution in [3.63, 3.8) is 0 Å². The topological polar surface area (TPSA) is 4.93 Å². The lowest BCUT2D eigenvalue weighted by molar-refractivity contribution is 1.20. The van der Waals surface area contributed by atoms with Crippen LogP contribution in [0.15, 0.2) is 97.1 Å². The normalized spacial score (nSPS) is 11.8. The average Bonchev–Trinajstić information content (AvgIpc) is 3.06. The maximum Gasteiger partial charge on any atom is 0.0547 e. The van der Waals surface area contributed by atoms with Crippen molar-refractivity contribution in [3.8, 4) is 5.69 Å². The van der Waals surface area contributed by atoms with Crippen LogP contribution in [-0.2, 0) is 0 Å². The first-order valence-electron chi connectivity index (χ1n) is 9.41. The zero-order valence-electron chi connectivity index (χ0n) is 15.1. The maximum absolute atomic E-state index is 6.50. The third kappa shape index (κ3) is 2.14. The molecule has 0 aliphatic carbocycles. The Morgan fingerprint density at radius 2 is 1.14 bits per heavy atom. The lowest BCUT2D eigenvalue weighted by atomic mass is 10.1. The van der Waals surface area contributed by atoms with E-state index >= 15 is 0 Å². The van der Waals surface area contributed by atoms with Crippen LogP contribution in [-0.4, -0.2) is 4.57 Å². The molecule has 0 radical (unpaired) electrons. The Labute approximate surface area is 167 Å². The molecule has 1 nitrogen and oxygen atoms in total. The van der Waals surface area contributed by atoms with E-state index in [4.69, 9.17) is 11.6 Å². The van der Waals surface area contributed by atoms with Crippen molar-refractivity contribution in [2.24, 2.45) is 0 Å². The monoisotopic (exact) mass is 377 g/mol. The maximum atomic E-state index is 6.50. The van der Waals surface area contributed by atoms with E-state index < -0.39 is 0 Å². The van der Waals surface area contributed by atoms with Crippen molar-refractivity contribution >= 4 is 55.0 Å². The lowest BCUT2D eigenvalue weighted by Crippen LogP contribution is -1.95. The van der Waals surface area contributed by atoms with Gasteiger partial charge in [0.25, 0.3) is 0 Å². The van der Waals surface area contributed by atoms with Crippen LogP contribution in [0.5, 0.6) is 0 Å². The molecule has 6 aromatic rings. The Bertz CT molecular complexity index is 1520. The van der Waals surface area contributed by atoms with Gasteiger partial charge in [-0.05, 0) is 41.1 Å². The Morgan fingerprint density at radius 3 is 1.96 bits per heavy atom. The van der Waals surface area contributed by atoms with Gasteiger partial charge in [-0.1, -0.05) is 78.3 Å². The van der Waals surface area contributed by atoms with Crippen LogP contribution in [0, 0.1) is 0 Å². The molecule has 6 rings (SSSR count). The van der Waals surface area contributed by atoms with Gasteiger partial charge in [0.05, 0.1) is 16.7 Å². The van der Waals surface area contributed by atoms with Crippen molar-refractivity contribution in [2.45, 2.75) is 0 Å². The van der Waals surface area contributed by atoms with Crippen LogP contribution in [0.1, 0.15) is 0 Å². The van der Waals surface area contributed by atoms with Gasteiger partial charge in [0, 0.05) is 26.6 Å². The lowest BCUT2D eigenvalue weighted by Gasteiger charge is -2.13. The van der Waals surface area contributed by atoms with Crippen LogP contribution in [0.4, 0.5) is 0 Å². The van der Waals surface area contributed by atoms with Gasteiger partial charge < -0.3 is 4.57 Å². The highest BCUT2D eigenvalue weighted by atomic mass is 35.5. The van der Waals surface area contributed by atoms with E-state index in [2.05, 4.69) is 89.5 Å². The van der Waals surface area contributed by atoms with Gasteiger partial charge in [0.2, 0.25) is 0 Å². The molecule has 0 saturated heterocycles. The number of para-hydroxylation sites is 1. The van der Waals surface area contributed by atoms with Gasteiger partial charge >= 0.3 is 0 Å². The van der Waals surface area contributed by atoms with Gasteiger partial charge in [-0.3, -0.25) is 0 Å². The quantitative estimate of drug-likeness (QED) is 0.276. The van der Waals surface area contributed by atoms with E-state index in [-0.39, 0.29) is 0 Å². The molecule has 0 aliphatic rings. The first-order chi connectivity index (χ1) is 13.8. The molecule has 0 N–H and O–H groups in total. The summed E-state index contributed by atoms with van der Waals surface area (Å²) in [6, 6.07) is 34.3. The molecule has 0 bridgehead atoms. The second-order valence-electron chi connectivity index (χ2n) is 7.18. The summed E-state index contributed by atoms with van der Waals surface area (Å²) in [5.41, 5.74) is 3.58. The number of halogens is 1. The van der Waals surface area contributed by atoms with Crippen LogP contribution in [0.25, 0.3) is 49.0 Å². The molecule has 0 atom stereocenters. The fourth-order valence-corrected chi connectivity index (χ4v) is 4.58. The smallest absolute Gasteiger partial charge is 0.0547 e. The van der Waals surface area contributed by atoms with E-state index in [1.54, 1.807) is 0 Å². The summed E-state index contributed by atoms with van der Waals surface area (Å²) in [5.74, 6) is 0. The van der Waals surface area contributed by atoms with Crippen LogP contribution >= 0.6 is 11.6 Å². The van der Waals surface area contributed by atoms with Crippen molar-refractivity contribution in [1.29, 1.82) is 0 Å². The molecule has 2 heteroatoms. The van der Waals surface area contributed by atoms with Crippen molar-refractivity contribution in [2.75, 3.05) is 0 Å². The second-order valence-corrected chi connectivity index (χ2v) is 7.59. The number of hydrogen-bond acceptors (Lipinski definition) is 0. The molecule has 1 heterocycles. The standard InChI is InChI=1S/C26H16ClN/c27-23-13-14-25(20-10-4-3-9-19(20)23)28-24-12-6-5-11-21(24)22-15-17-7-1-2-8-18(17)16-26(22)28/h1-16H. The number of nitrogens with zero attached hydrogens (tertiary/aromatic N) is 1. The van der Waals surface area contributed by atoms with E-state index in [1.165, 1.54) is 32.6 Å². The Hall–Kier alpha value is -3.29. The number of benzene rings is 5. The molecule has 5 aromatic carbocycles. The third-order valence-corrected chi connectivity index (χ3v) is 5.96. The minimum Gasteiger partial charge on any atom is -0.309 e. The van der Waals surface area contributed by atoms with Crippen LogP contribution < -0.4 is 0 Å². The molecule has 0 saturated carbocycles. The highest BCUT2D eigenvalue weighted by molar-refractivity contribution is 6.36. The van der Waals surface area contributed by atoms with Crippen molar-refractivity contribution < 1.29 is 0 Å². The van der Waals surface area contributed by atoms with E-state index in [1.807, 2.05) is 12.1 Å². The predicted octanol–water partition coefficient (Wildman–Crippen LogP) is 7.74. The van der Waals surface area contributed by atoms with Gasteiger partial charge in [0.15, 0.2) is 0 Å². The summed E-state index contributed by atoms with van der Waals surface area (Å²) >= 11 is 6.50. The summed E-state index contributed by atoms with van der Waals surface area (Å²) in [7, 11) is 0. The SMILES string of the molecule is Clc1ccc(-n2c3ccccc3c3cc4ccccc4cc32)c2ccccc12. The zero-order chi connectivity index (χ0) is 18.7. The summed E-state index contributed by atoms with van der Waals surface area (Å²) in [6.45, 7) is 0. The fraction of sp³-hybridized carbons (Fsp3) is 0. The minimum atomic E-state index is 0.783. The van der Waals surface area contributed by atoms with Crippen molar-refractivity contribution in [1.82, 2.24) is 4.57 Å². The Morgan fingerprint density at radius 1 is 0.500 bits per heavy atom. The zero-order valence-corrected chi connectivity index (χ0v) is 15.8. The summed E-state index contributed by atoms with van der Waals surface area (Å²) in [4.78, 5) is 0. The van der Waals surface area contributed by atoms with E-state index in [0.29, 0.717) is 0 Å². The number of aromatic nitrogens is 1. The Kier molecular flexibility index (Phi) is 3.29.